The molecule has 0 aliphatic carbocycles. The van der Waals surface area contributed by atoms with Crippen molar-refractivity contribution in [2.45, 2.75) is 19.9 Å². The van der Waals surface area contributed by atoms with Gasteiger partial charge in [0.25, 0.3) is 0 Å². The standard InChI is InChI=1S/C15H16N2.C9H11NO2/c1-12-6-7-15(16-10-12)17-9-8-13-4-2-3-5-14(13)11-17;1-10(7-11)8-4-3-5-9(6-8)12-2/h2-7,10H,8-9,11H2,1H3;3-7H,1-2H3. The van der Waals surface area contributed by atoms with Crippen LogP contribution in [0.15, 0.2) is 66.9 Å². The van der Waals surface area contributed by atoms with Gasteiger partial charge in [0.15, 0.2) is 0 Å². The van der Waals surface area contributed by atoms with Crippen LogP contribution in [0.4, 0.5) is 11.5 Å². The fourth-order valence-corrected chi connectivity index (χ4v) is 3.23. The first-order valence-electron chi connectivity index (χ1n) is 9.67. The Morgan fingerprint density at radius 2 is 1.86 bits per heavy atom. The monoisotopic (exact) mass is 389 g/mol. The van der Waals surface area contributed by atoms with Gasteiger partial charge in [-0.15, -0.1) is 0 Å². The molecule has 0 N–H and O–H groups in total. The number of carbonyl (C=O) groups excluding carboxylic acids is 1. The molecule has 150 valence electrons. The number of anilines is 2. The van der Waals surface area contributed by atoms with Crippen molar-refractivity contribution in [2.75, 3.05) is 30.5 Å². The van der Waals surface area contributed by atoms with Gasteiger partial charge < -0.3 is 14.5 Å². The van der Waals surface area contributed by atoms with E-state index in [0.717, 1.165) is 43.2 Å². The zero-order valence-corrected chi connectivity index (χ0v) is 17.2. The van der Waals surface area contributed by atoms with Crippen LogP contribution in [0.1, 0.15) is 16.7 Å². The lowest BCUT2D eigenvalue weighted by Crippen LogP contribution is -2.30. The summed E-state index contributed by atoms with van der Waals surface area (Å²) in [6.07, 6.45) is 3.82. The first kappa shape index (κ1) is 20.4. The minimum atomic E-state index is 0.751. The second kappa shape index (κ2) is 9.73. The fourth-order valence-electron chi connectivity index (χ4n) is 3.23. The number of methoxy groups -OCH3 is 1. The number of aryl methyl sites for hydroxylation is 1. The lowest BCUT2D eigenvalue weighted by atomic mass is 10.00. The fraction of sp³-hybridized carbons (Fsp3) is 0.250. The van der Waals surface area contributed by atoms with Crippen LogP contribution in [0.25, 0.3) is 0 Å². The summed E-state index contributed by atoms with van der Waals surface area (Å²) >= 11 is 0. The molecule has 4 rings (SSSR count). The molecule has 0 unspecified atom stereocenters. The van der Waals surface area contributed by atoms with E-state index in [2.05, 4.69) is 53.2 Å². The summed E-state index contributed by atoms with van der Waals surface area (Å²) in [7, 11) is 3.29. The van der Waals surface area contributed by atoms with E-state index in [1.54, 1.807) is 20.2 Å². The van der Waals surface area contributed by atoms with E-state index in [-0.39, 0.29) is 0 Å². The molecule has 1 aromatic heterocycles. The lowest BCUT2D eigenvalue weighted by molar-refractivity contribution is -0.107. The van der Waals surface area contributed by atoms with Gasteiger partial charge in [0.1, 0.15) is 11.6 Å². The second-order valence-corrected chi connectivity index (χ2v) is 7.05. The number of amides is 1. The van der Waals surface area contributed by atoms with E-state index < -0.39 is 0 Å². The Hall–Kier alpha value is -3.34. The van der Waals surface area contributed by atoms with Crippen LogP contribution >= 0.6 is 0 Å². The predicted molar refractivity (Wildman–Crippen MR) is 118 cm³/mol. The van der Waals surface area contributed by atoms with Gasteiger partial charge in [-0.2, -0.15) is 0 Å². The van der Waals surface area contributed by atoms with E-state index in [1.807, 2.05) is 24.4 Å². The summed E-state index contributed by atoms with van der Waals surface area (Å²) in [5.41, 5.74) is 4.95. The molecule has 0 radical (unpaired) electrons. The van der Waals surface area contributed by atoms with Crippen LogP contribution in [0.3, 0.4) is 0 Å². The minimum Gasteiger partial charge on any atom is -0.497 e. The van der Waals surface area contributed by atoms with Crippen LogP contribution in [-0.4, -0.2) is 32.1 Å². The van der Waals surface area contributed by atoms with Crippen molar-refractivity contribution in [3.05, 3.63) is 83.6 Å². The van der Waals surface area contributed by atoms with Crippen molar-refractivity contribution in [1.82, 2.24) is 4.98 Å². The molecule has 0 saturated heterocycles. The maximum absolute atomic E-state index is 10.4. The summed E-state index contributed by atoms with van der Waals surface area (Å²) in [6.45, 7) is 4.11. The van der Waals surface area contributed by atoms with Crippen LogP contribution < -0.4 is 14.5 Å². The second-order valence-electron chi connectivity index (χ2n) is 7.05. The van der Waals surface area contributed by atoms with Crippen molar-refractivity contribution >= 4 is 17.9 Å². The smallest absolute Gasteiger partial charge is 0.213 e. The molecule has 29 heavy (non-hydrogen) atoms. The number of fused-ring (bicyclic) bond motifs is 1. The van der Waals surface area contributed by atoms with E-state index >= 15 is 0 Å². The number of rotatable bonds is 4. The number of hydrogen-bond donors (Lipinski definition) is 0. The third kappa shape index (κ3) is 5.35. The average Bonchev–Trinajstić information content (AvgIpc) is 2.79. The third-order valence-corrected chi connectivity index (χ3v) is 4.97. The largest absolute Gasteiger partial charge is 0.497 e. The van der Waals surface area contributed by atoms with Gasteiger partial charge in [-0.1, -0.05) is 36.4 Å². The van der Waals surface area contributed by atoms with Crippen molar-refractivity contribution in [1.29, 1.82) is 0 Å². The lowest BCUT2D eigenvalue weighted by Gasteiger charge is -2.29. The summed E-state index contributed by atoms with van der Waals surface area (Å²) in [6, 6.07) is 20.3. The Morgan fingerprint density at radius 1 is 1.07 bits per heavy atom. The molecule has 2 heterocycles. The Bertz CT molecular complexity index is 941. The topological polar surface area (TPSA) is 45.7 Å². The zero-order chi connectivity index (χ0) is 20.6. The highest BCUT2D eigenvalue weighted by Gasteiger charge is 2.16. The quantitative estimate of drug-likeness (QED) is 0.626. The molecule has 0 spiro atoms. The average molecular weight is 389 g/mol. The van der Waals surface area contributed by atoms with Crippen molar-refractivity contribution in [3.8, 4) is 5.75 Å². The Balaban J connectivity index is 0.000000177. The molecule has 5 heteroatoms. The van der Waals surface area contributed by atoms with E-state index in [0.29, 0.717) is 0 Å². The number of pyridine rings is 1. The number of aromatic nitrogens is 1. The maximum Gasteiger partial charge on any atom is 0.213 e. The van der Waals surface area contributed by atoms with Gasteiger partial charge in [-0.25, -0.2) is 4.98 Å². The van der Waals surface area contributed by atoms with Gasteiger partial charge in [0.2, 0.25) is 6.41 Å². The van der Waals surface area contributed by atoms with Gasteiger partial charge in [0, 0.05) is 38.1 Å². The van der Waals surface area contributed by atoms with Gasteiger partial charge in [-0.05, 0) is 48.2 Å². The normalized spacial score (nSPS) is 12.3. The molecule has 0 saturated carbocycles. The highest BCUT2D eigenvalue weighted by atomic mass is 16.5. The van der Waals surface area contributed by atoms with Crippen LogP contribution in [0, 0.1) is 6.92 Å². The minimum absolute atomic E-state index is 0.751. The van der Waals surface area contributed by atoms with Gasteiger partial charge in [-0.3, -0.25) is 4.79 Å². The highest BCUT2D eigenvalue weighted by molar-refractivity contribution is 5.74. The number of hydrogen-bond acceptors (Lipinski definition) is 4. The molecule has 3 aromatic rings. The van der Waals surface area contributed by atoms with E-state index in [9.17, 15) is 4.79 Å². The van der Waals surface area contributed by atoms with Crippen molar-refractivity contribution < 1.29 is 9.53 Å². The predicted octanol–water partition coefficient (Wildman–Crippen LogP) is 4.24. The third-order valence-electron chi connectivity index (χ3n) is 4.97. The van der Waals surface area contributed by atoms with E-state index in [4.69, 9.17) is 4.74 Å². The number of benzene rings is 2. The van der Waals surface area contributed by atoms with E-state index in [1.165, 1.54) is 21.6 Å². The molecule has 0 atom stereocenters. The first-order chi connectivity index (χ1) is 14.1. The molecule has 5 nitrogen and oxygen atoms in total. The number of carbonyl (C=O) groups is 1. The molecular formula is C24H27N3O2. The molecule has 0 fully saturated rings. The highest BCUT2D eigenvalue weighted by Crippen LogP contribution is 2.22. The van der Waals surface area contributed by atoms with Gasteiger partial charge >= 0.3 is 0 Å². The van der Waals surface area contributed by atoms with Gasteiger partial charge in [0.05, 0.1) is 7.11 Å². The number of nitrogens with zero attached hydrogens (tertiary/aromatic N) is 3. The summed E-state index contributed by atoms with van der Waals surface area (Å²) in [5, 5.41) is 0. The zero-order valence-electron chi connectivity index (χ0n) is 17.2. The van der Waals surface area contributed by atoms with Crippen LogP contribution in [0.2, 0.25) is 0 Å². The molecule has 1 aliphatic heterocycles. The Morgan fingerprint density at radius 3 is 2.55 bits per heavy atom. The molecule has 1 amide bonds. The van der Waals surface area contributed by atoms with Crippen molar-refractivity contribution in [3.63, 3.8) is 0 Å². The van der Waals surface area contributed by atoms with Crippen LogP contribution in [0.5, 0.6) is 5.75 Å². The molecule has 0 bridgehead atoms. The van der Waals surface area contributed by atoms with Crippen molar-refractivity contribution in [2.24, 2.45) is 0 Å². The Labute approximate surface area is 172 Å². The Kier molecular flexibility index (Phi) is 6.85. The maximum atomic E-state index is 10.4. The molecule has 1 aliphatic rings. The molecule has 2 aromatic carbocycles. The first-order valence-corrected chi connectivity index (χ1v) is 9.67. The summed E-state index contributed by atoms with van der Waals surface area (Å²) in [5.74, 6) is 1.84. The van der Waals surface area contributed by atoms with Crippen LogP contribution in [-0.2, 0) is 17.8 Å². The number of ether oxygens (including phenoxy) is 1. The summed E-state index contributed by atoms with van der Waals surface area (Å²) < 4.78 is 5.01. The summed E-state index contributed by atoms with van der Waals surface area (Å²) in [4.78, 5) is 18.7. The molecular weight excluding hydrogens is 362 g/mol. The SMILES string of the molecule is COc1cccc(N(C)C=O)c1.Cc1ccc(N2CCc3ccccc3C2)nc1.